The standard InChI is InChI=1S/C28H30O/c1-5-28(4,25-18-16-24(17-19-25)22(2)3)20-10-12-23-11-9-15-27(21-23)29-26-13-7-6-8-14-26/h1,6-9,11,13-19,21-22H,10,12,20H2,2-4H3. The highest BCUT2D eigenvalue weighted by Gasteiger charge is 2.23. The fourth-order valence-corrected chi connectivity index (χ4v) is 3.57. The Morgan fingerprint density at radius 3 is 2.24 bits per heavy atom. The van der Waals surface area contributed by atoms with Crippen LogP contribution in [0.4, 0.5) is 0 Å². The third kappa shape index (κ3) is 5.52. The number of hydrogen-bond donors (Lipinski definition) is 0. The topological polar surface area (TPSA) is 9.23 Å². The van der Waals surface area contributed by atoms with Crippen molar-refractivity contribution < 1.29 is 4.74 Å². The van der Waals surface area contributed by atoms with E-state index in [0.717, 1.165) is 30.8 Å². The van der Waals surface area contributed by atoms with Crippen LogP contribution in [0.2, 0.25) is 0 Å². The van der Waals surface area contributed by atoms with Crippen LogP contribution in [0.15, 0.2) is 78.9 Å². The molecular weight excluding hydrogens is 352 g/mol. The van der Waals surface area contributed by atoms with Gasteiger partial charge in [0, 0.05) is 0 Å². The third-order valence-electron chi connectivity index (χ3n) is 5.55. The summed E-state index contributed by atoms with van der Waals surface area (Å²) in [5, 5.41) is 0. The molecule has 1 heteroatoms. The molecule has 0 radical (unpaired) electrons. The van der Waals surface area contributed by atoms with Crippen molar-refractivity contribution in [3.05, 3.63) is 95.6 Å². The summed E-state index contributed by atoms with van der Waals surface area (Å²) in [7, 11) is 0. The zero-order chi connectivity index (χ0) is 20.7. The molecule has 0 amide bonds. The van der Waals surface area contributed by atoms with Gasteiger partial charge in [-0.05, 0) is 73.1 Å². The van der Waals surface area contributed by atoms with E-state index in [1.807, 2.05) is 36.4 Å². The SMILES string of the molecule is C#CC(C)(CCCc1cccc(Oc2ccccc2)c1)c1ccc(C(C)C)cc1. The number of rotatable bonds is 8. The lowest BCUT2D eigenvalue weighted by Gasteiger charge is -2.25. The van der Waals surface area contributed by atoms with Crippen LogP contribution in [0.5, 0.6) is 11.5 Å². The summed E-state index contributed by atoms with van der Waals surface area (Å²) in [6.45, 7) is 6.60. The summed E-state index contributed by atoms with van der Waals surface area (Å²) in [6.07, 6.45) is 8.92. The van der Waals surface area contributed by atoms with Gasteiger partial charge in [0.15, 0.2) is 0 Å². The molecule has 0 aliphatic heterocycles. The van der Waals surface area contributed by atoms with Gasteiger partial charge in [-0.25, -0.2) is 0 Å². The van der Waals surface area contributed by atoms with Gasteiger partial charge >= 0.3 is 0 Å². The summed E-state index contributed by atoms with van der Waals surface area (Å²) in [6, 6.07) is 27.0. The maximum Gasteiger partial charge on any atom is 0.127 e. The molecule has 1 atom stereocenters. The largest absolute Gasteiger partial charge is 0.457 e. The Labute approximate surface area is 175 Å². The summed E-state index contributed by atoms with van der Waals surface area (Å²) >= 11 is 0. The first-order chi connectivity index (χ1) is 14.0. The van der Waals surface area contributed by atoms with E-state index in [1.165, 1.54) is 16.7 Å². The molecule has 0 saturated heterocycles. The maximum absolute atomic E-state index is 5.96. The third-order valence-corrected chi connectivity index (χ3v) is 5.55. The molecule has 0 aliphatic rings. The fraction of sp³-hybridized carbons (Fsp3) is 0.286. The molecule has 3 aromatic rings. The number of ether oxygens (including phenoxy) is 1. The van der Waals surface area contributed by atoms with Crippen LogP contribution >= 0.6 is 0 Å². The Morgan fingerprint density at radius 1 is 0.897 bits per heavy atom. The van der Waals surface area contributed by atoms with Crippen molar-refractivity contribution in [2.45, 2.75) is 51.4 Å². The Hall–Kier alpha value is -2.98. The van der Waals surface area contributed by atoms with E-state index in [1.54, 1.807) is 0 Å². The molecule has 3 rings (SSSR count). The van der Waals surface area contributed by atoms with E-state index in [4.69, 9.17) is 11.2 Å². The van der Waals surface area contributed by atoms with E-state index in [2.05, 4.69) is 69.2 Å². The molecule has 0 fully saturated rings. The molecular formula is C28H30O. The Balaban J connectivity index is 1.62. The number of hydrogen-bond acceptors (Lipinski definition) is 1. The second-order valence-corrected chi connectivity index (χ2v) is 8.17. The number of para-hydroxylation sites is 1. The Kier molecular flexibility index (Phi) is 6.78. The van der Waals surface area contributed by atoms with Crippen LogP contribution in [0.1, 0.15) is 56.2 Å². The summed E-state index contributed by atoms with van der Waals surface area (Å²) in [4.78, 5) is 0. The van der Waals surface area contributed by atoms with E-state index in [9.17, 15) is 0 Å². The van der Waals surface area contributed by atoms with Gasteiger partial charge in [0.05, 0.1) is 5.41 Å². The molecule has 0 bridgehead atoms. The highest BCUT2D eigenvalue weighted by Crippen LogP contribution is 2.31. The molecule has 0 N–H and O–H groups in total. The van der Waals surface area contributed by atoms with E-state index in [0.29, 0.717) is 5.92 Å². The zero-order valence-electron chi connectivity index (χ0n) is 17.7. The minimum atomic E-state index is -0.242. The van der Waals surface area contributed by atoms with Gasteiger partial charge in [0.2, 0.25) is 0 Å². The normalized spacial score (nSPS) is 12.9. The second-order valence-electron chi connectivity index (χ2n) is 8.17. The van der Waals surface area contributed by atoms with Gasteiger partial charge in [0.25, 0.3) is 0 Å². The van der Waals surface area contributed by atoms with Crippen molar-refractivity contribution in [3.8, 4) is 23.8 Å². The summed E-state index contributed by atoms with van der Waals surface area (Å²) in [5.74, 6) is 5.31. The van der Waals surface area contributed by atoms with Crippen LogP contribution in [0.25, 0.3) is 0 Å². The van der Waals surface area contributed by atoms with Crippen molar-refractivity contribution in [2.75, 3.05) is 0 Å². The van der Waals surface area contributed by atoms with E-state index >= 15 is 0 Å². The molecule has 0 aliphatic carbocycles. The summed E-state index contributed by atoms with van der Waals surface area (Å²) < 4.78 is 5.95. The minimum Gasteiger partial charge on any atom is -0.457 e. The lowest BCUT2D eigenvalue weighted by atomic mass is 9.78. The zero-order valence-corrected chi connectivity index (χ0v) is 17.7. The number of terminal acetylenes is 1. The van der Waals surface area contributed by atoms with Crippen LogP contribution in [0.3, 0.4) is 0 Å². The average Bonchev–Trinajstić information content (AvgIpc) is 2.74. The second kappa shape index (κ2) is 9.48. The lowest BCUT2D eigenvalue weighted by molar-refractivity contribution is 0.481. The lowest BCUT2D eigenvalue weighted by Crippen LogP contribution is -2.19. The highest BCUT2D eigenvalue weighted by atomic mass is 16.5. The molecule has 0 heterocycles. The van der Waals surface area contributed by atoms with Gasteiger partial charge in [-0.3, -0.25) is 0 Å². The van der Waals surface area contributed by atoms with Gasteiger partial charge < -0.3 is 4.74 Å². The predicted molar refractivity (Wildman–Crippen MR) is 123 cm³/mol. The monoisotopic (exact) mass is 382 g/mol. The Bertz CT molecular complexity index is 948. The van der Waals surface area contributed by atoms with Crippen molar-refractivity contribution in [3.63, 3.8) is 0 Å². The molecule has 1 unspecified atom stereocenters. The molecule has 148 valence electrons. The van der Waals surface area contributed by atoms with Gasteiger partial charge in [-0.15, -0.1) is 6.42 Å². The summed E-state index contributed by atoms with van der Waals surface area (Å²) in [5.41, 5.74) is 3.61. The quantitative estimate of drug-likeness (QED) is 0.366. The molecule has 0 aromatic heterocycles. The smallest absolute Gasteiger partial charge is 0.127 e. The predicted octanol–water partition coefficient (Wildman–Crippen LogP) is 7.52. The van der Waals surface area contributed by atoms with E-state index in [-0.39, 0.29) is 5.41 Å². The van der Waals surface area contributed by atoms with Crippen molar-refractivity contribution in [1.29, 1.82) is 0 Å². The highest BCUT2D eigenvalue weighted by molar-refractivity contribution is 5.37. The molecule has 3 aromatic carbocycles. The molecule has 0 spiro atoms. The van der Waals surface area contributed by atoms with Gasteiger partial charge in [-0.1, -0.05) is 74.4 Å². The molecule has 1 nitrogen and oxygen atoms in total. The van der Waals surface area contributed by atoms with Gasteiger partial charge in [-0.2, -0.15) is 0 Å². The van der Waals surface area contributed by atoms with E-state index < -0.39 is 0 Å². The average molecular weight is 383 g/mol. The number of aryl methyl sites for hydroxylation is 1. The van der Waals surface area contributed by atoms with Gasteiger partial charge in [0.1, 0.15) is 11.5 Å². The first kappa shape index (κ1) is 20.7. The molecule has 0 saturated carbocycles. The molecule has 29 heavy (non-hydrogen) atoms. The fourth-order valence-electron chi connectivity index (χ4n) is 3.57. The first-order valence-corrected chi connectivity index (χ1v) is 10.4. The first-order valence-electron chi connectivity index (χ1n) is 10.4. The van der Waals surface area contributed by atoms with Crippen LogP contribution in [-0.2, 0) is 11.8 Å². The minimum absolute atomic E-state index is 0.242. The van der Waals surface area contributed by atoms with Crippen LogP contribution < -0.4 is 4.74 Å². The van der Waals surface area contributed by atoms with Crippen LogP contribution in [-0.4, -0.2) is 0 Å². The Morgan fingerprint density at radius 2 is 1.59 bits per heavy atom. The van der Waals surface area contributed by atoms with Crippen LogP contribution in [0, 0.1) is 12.3 Å². The van der Waals surface area contributed by atoms with Crippen molar-refractivity contribution in [2.24, 2.45) is 0 Å². The van der Waals surface area contributed by atoms with Crippen molar-refractivity contribution in [1.82, 2.24) is 0 Å². The maximum atomic E-state index is 5.96. The van der Waals surface area contributed by atoms with Crippen molar-refractivity contribution >= 4 is 0 Å². The number of benzene rings is 3.